The molecule has 1 aromatic heterocycles. The second kappa shape index (κ2) is 7.33. The third-order valence-electron chi connectivity index (χ3n) is 4.14. The first kappa shape index (κ1) is 20.3. The molecule has 1 fully saturated rings. The van der Waals surface area contributed by atoms with E-state index in [2.05, 4.69) is 0 Å². The van der Waals surface area contributed by atoms with Crippen LogP contribution in [0.2, 0.25) is 0 Å². The maximum atomic E-state index is 12.9. The lowest BCUT2D eigenvalue weighted by molar-refractivity contribution is -0.135. The molecule has 2 rings (SSSR count). The van der Waals surface area contributed by atoms with Crippen molar-refractivity contribution in [2.75, 3.05) is 26.2 Å². The number of piperazine rings is 1. The molecular weight excluding hydrogens is 384 g/mol. The Kier molecular flexibility index (Phi) is 5.73. The Labute approximate surface area is 154 Å². The number of sulfonamides is 1. The summed E-state index contributed by atoms with van der Waals surface area (Å²) in [5.41, 5.74) is -0.588. The molecule has 0 radical (unpaired) electrons. The van der Waals surface area contributed by atoms with Crippen molar-refractivity contribution < 1.29 is 33.0 Å². The van der Waals surface area contributed by atoms with Crippen LogP contribution in [-0.2, 0) is 14.8 Å². The Morgan fingerprint density at radius 3 is 2.00 bits per heavy atom. The molecule has 0 unspecified atom stereocenters. The minimum atomic E-state index is -4.17. The van der Waals surface area contributed by atoms with Gasteiger partial charge in [0.2, 0.25) is 5.91 Å². The molecule has 2 heterocycles. The van der Waals surface area contributed by atoms with Crippen molar-refractivity contribution in [3.05, 3.63) is 16.0 Å². The zero-order chi connectivity index (χ0) is 19.8. The standard InChI is InChI=1S/C15H20N2O7S2/c1-8(2)12(18)16-4-6-17(7-5-16)26(23,24)15-10(13(19)20)9(3)11(25-15)14(21)22/h8H,4-7H2,1-3H3,(H,19,20)(H,21,22). The van der Waals surface area contributed by atoms with E-state index in [4.69, 9.17) is 0 Å². The van der Waals surface area contributed by atoms with Gasteiger partial charge in [0.05, 0.1) is 5.56 Å². The average molecular weight is 404 g/mol. The first-order chi connectivity index (χ1) is 12.0. The summed E-state index contributed by atoms with van der Waals surface area (Å²) in [7, 11) is -4.17. The Balaban J connectivity index is 2.35. The van der Waals surface area contributed by atoms with Crippen LogP contribution in [0.15, 0.2) is 4.21 Å². The Bertz CT molecular complexity index is 850. The summed E-state index contributed by atoms with van der Waals surface area (Å²) in [5.74, 6) is -3.13. The second-order valence-corrected chi connectivity index (χ2v) is 9.37. The molecule has 0 atom stereocenters. The molecule has 0 aliphatic carbocycles. The number of hydrogen-bond acceptors (Lipinski definition) is 6. The van der Waals surface area contributed by atoms with E-state index < -0.39 is 31.7 Å². The summed E-state index contributed by atoms with van der Waals surface area (Å²) in [6.07, 6.45) is 0. The maximum Gasteiger partial charge on any atom is 0.346 e. The molecule has 0 aromatic carbocycles. The van der Waals surface area contributed by atoms with E-state index in [1.165, 1.54) is 6.92 Å². The number of carbonyl (C=O) groups excluding carboxylic acids is 1. The molecule has 0 bridgehead atoms. The summed E-state index contributed by atoms with van der Waals surface area (Å²) in [6, 6.07) is 0. The fourth-order valence-corrected chi connectivity index (χ4v) is 5.99. The monoisotopic (exact) mass is 404 g/mol. The number of hydrogen-bond donors (Lipinski definition) is 2. The number of amides is 1. The topological polar surface area (TPSA) is 132 Å². The van der Waals surface area contributed by atoms with E-state index in [-0.39, 0.29) is 48.4 Å². The van der Waals surface area contributed by atoms with Gasteiger partial charge in [0.1, 0.15) is 4.88 Å². The number of thiophene rings is 1. The highest BCUT2D eigenvalue weighted by atomic mass is 32.2. The van der Waals surface area contributed by atoms with Crippen LogP contribution in [0.25, 0.3) is 0 Å². The molecular formula is C15H20N2O7S2. The maximum absolute atomic E-state index is 12.9. The molecule has 1 aliphatic heterocycles. The number of carbonyl (C=O) groups is 3. The second-order valence-electron chi connectivity index (χ2n) is 6.21. The van der Waals surface area contributed by atoms with Gasteiger partial charge in [-0.05, 0) is 12.5 Å². The van der Waals surface area contributed by atoms with Crippen LogP contribution in [0.4, 0.5) is 0 Å². The van der Waals surface area contributed by atoms with E-state index in [0.717, 1.165) is 4.31 Å². The summed E-state index contributed by atoms with van der Waals surface area (Å²) in [6.45, 7) is 5.25. The first-order valence-electron chi connectivity index (χ1n) is 7.87. The first-order valence-corrected chi connectivity index (χ1v) is 10.1. The van der Waals surface area contributed by atoms with Gasteiger partial charge in [-0.2, -0.15) is 4.31 Å². The Morgan fingerprint density at radius 1 is 1.04 bits per heavy atom. The molecule has 1 amide bonds. The smallest absolute Gasteiger partial charge is 0.346 e. The van der Waals surface area contributed by atoms with E-state index >= 15 is 0 Å². The predicted molar refractivity (Wildman–Crippen MR) is 93.2 cm³/mol. The van der Waals surface area contributed by atoms with Crippen LogP contribution in [-0.4, -0.2) is 71.9 Å². The predicted octanol–water partition coefficient (Wildman–Crippen LogP) is 0.942. The quantitative estimate of drug-likeness (QED) is 0.746. The summed E-state index contributed by atoms with van der Waals surface area (Å²) in [4.78, 5) is 36.0. The SMILES string of the molecule is Cc1c(C(=O)O)sc(S(=O)(=O)N2CCN(C(=O)C(C)C)CC2)c1C(=O)O. The normalized spacial score (nSPS) is 16.1. The van der Waals surface area contributed by atoms with Gasteiger partial charge >= 0.3 is 11.9 Å². The molecule has 9 nitrogen and oxygen atoms in total. The van der Waals surface area contributed by atoms with Crippen LogP contribution < -0.4 is 0 Å². The van der Waals surface area contributed by atoms with Gasteiger partial charge in [-0.15, -0.1) is 11.3 Å². The van der Waals surface area contributed by atoms with Crippen LogP contribution in [0, 0.1) is 12.8 Å². The van der Waals surface area contributed by atoms with Crippen LogP contribution >= 0.6 is 11.3 Å². The number of aromatic carboxylic acids is 2. The van der Waals surface area contributed by atoms with Gasteiger partial charge in [-0.25, -0.2) is 18.0 Å². The van der Waals surface area contributed by atoms with Crippen LogP contribution in [0.3, 0.4) is 0 Å². The van der Waals surface area contributed by atoms with E-state index in [1.807, 2.05) is 0 Å². The van der Waals surface area contributed by atoms with Gasteiger partial charge in [0.25, 0.3) is 10.0 Å². The summed E-state index contributed by atoms with van der Waals surface area (Å²) < 4.78 is 26.4. The number of carboxylic acids is 2. The highest BCUT2D eigenvalue weighted by Crippen LogP contribution is 2.34. The molecule has 26 heavy (non-hydrogen) atoms. The van der Waals surface area contributed by atoms with Crippen molar-refractivity contribution >= 4 is 39.2 Å². The van der Waals surface area contributed by atoms with E-state index in [9.17, 15) is 33.0 Å². The van der Waals surface area contributed by atoms with Gasteiger partial charge in [0.15, 0.2) is 4.21 Å². The molecule has 1 saturated heterocycles. The fourth-order valence-electron chi connectivity index (χ4n) is 2.75. The van der Waals surface area contributed by atoms with E-state index in [1.54, 1.807) is 18.7 Å². The molecule has 11 heteroatoms. The van der Waals surface area contributed by atoms with Crippen molar-refractivity contribution in [3.63, 3.8) is 0 Å². The number of carboxylic acid groups (broad SMARTS) is 2. The van der Waals surface area contributed by atoms with Crippen molar-refractivity contribution in [1.82, 2.24) is 9.21 Å². The molecule has 0 spiro atoms. The highest BCUT2D eigenvalue weighted by molar-refractivity contribution is 7.91. The lowest BCUT2D eigenvalue weighted by Gasteiger charge is -2.34. The minimum absolute atomic E-state index is 0.0270. The number of rotatable bonds is 5. The average Bonchev–Trinajstić information content (AvgIpc) is 2.92. The molecule has 0 saturated carbocycles. The van der Waals surface area contributed by atoms with Crippen molar-refractivity contribution in [2.24, 2.45) is 5.92 Å². The van der Waals surface area contributed by atoms with Crippen LogP contribution in [0.1, 0.15) is 39.4 Å². The zero-order valence-electron chi connectivity index (χ0n) is 14.6. The van der Waals surface area contributed by atoms with Gasteiger partial charge in [-0.3, -0.25) is 4.79 Å². The molecule has 144 valence electrons. The lowest BCUT2D eigenvalue weighted by atomic mass is 10.2. The third-order valence-corrected chi connectivity index (χ3v) is 7.81. The summed E-state index contributed by atoms with van der Waals surface area (Å²) in [5, 5.41) is 18.5. The zero-order valence-corrected chi connectivity index (χ0v) is 16.2. The van der Waals surface area contributed by atoms with Gasteiger partial charge in [-0.1, -0.05) is 13.8 Å². The van der Waals surface area contributed by atoms with Crippen molar-refractivity contribution in [1.29, 1.82) is 0 Å². The highest BCUT2D eigenvalue weighted by Gasteiger charge is 2.37. The Morgan fingerprint density at radius 2 is 1.58 bits per heavy atom. The van der Waals surface area contributed by atoms with Crippen molar-refractivity contribution in [2.45, 2.75) is 25.0 Å². The molecule has 1 aromatic rings. The van der Waals surface area contributed by atoms with E-state index in [0.29, 0.717) is 11.3 Å². The largest absolute Gasteiger partial charge is 0.478 e. The molecule has 2 N–H and O–H groups in total. The Hall–Kier alpha value is -1.98. The lowest BCUT2D eigenvalue weighted by Crippen LogP contribution is -2.51. The van der Waals surface area contributed by atoms with Crippen LogP contribution in [0.5, 0.6) is 0 Å². The number of nitrogens with zero attached hydrogens (tertiary/aromatic N) is 2. The van der Waals surface area contributed by atoms with Gasteiger partial charge in [0, 0.05) is 32.1 Å². The molecule has 1 aliphatic rings. The fraction of sp³-hybridized carbons (Fsp3) is 0.533. The third kappa shape index (κ3) is 3.60. The van der Waals surface area contributed by atoms with Crippen molar-refractivity contribution in [3.8, 4) is 0 Å². The minimum Gasteiger partial charge on any atom is -0.478 e. The van der Waals surface area contributed by atoms with Gasteiger partial charge < -0.3 is 15.1 Å². The summed E-state index contributed by atoms with van der Waals surface area (Å²) >= 11 is 0.445.